The lowest BCUT2D eigenvalue weighted by atomic mass is 10.2. The summed E-state index contributed by atoms with van der Waals surface area (Å²) < 4.78 is 39.2. The maximum atomic E-state index is 12.6. The van der Waals surface area contributed by atoms with E-state index in [0.717, 1.165) is 55.1 Å². The summed E-state index contributed by atoms with van der Waals surface area (Å²) in [4.78, 5) is 13.3. The van der Waals surface area contributed by atoms with Gasteiger partial charge < -0.3 is 24.6 Å². The first-order chi connectivity index (χ1) is 14.5. The number of alkyl halides is 2. The van der Waals surface area contributed by atoms with Crippen LogP contribution in [0.25, 0.3) is 0 Å². The van der Waals surface area contributed by atoms with Gasteiger partial charge in [-0.05, 0) is 17.7 Å². The Bertz CT molecular complexity index is 855. The zero-order valence-corrected chi connectivity index (χ0v) is 18.1. The zero-order chi connectivity index (χ0) is 21.5. The summed E-state index contributed by atoms with van der Waals surface area (Å²) >= 11 is 1.44. The third-order valence-corrected chi connectivity index (χ3v) is 5.54. The fourth-order valence-electron chi connectivity index (χ4n) is 3.16. The van der Waals surface area contributed by atoms with Gasteiger partial charge in [-0.1, -0.05) is 13.0 Å². The number of aromatic nitrogens is 2. The normalized spacial score (nSPS) is 14.9. The Balaban J connectivity index is 1.56. The Morgan fingerprint density at radius 2 is 2.03 bits per heavy atom. The van der Waals surface area contributed by atoms with E-state index in [1.54, 1.807) is 25.2 Å². The Morgan fingerprint density at radius 3 is 2.63 bits per heavy atom. The van der Waals surface area contributed by atoms with Crippen molar-refractivity contribution in [2.75, 3.05) is 45.2 Å². The predicted molar refractivity (Wildman–Crippen MR) is 113 cm³/mol. The van der Waals surface area contributed by atoms with Crippen LogP contribution in [-0.2, 0) is 13.0 Å². The fourth-order valence-corrected chi connectivity index (χ4v) is 3.96. The molecule has 1 N–H and O–H groups in total. The number of piperazine rings is 1. The smallest absolute Gasteiger partial charge is 0.387 e. The molecule has 0 spiro atoms. The van der Waals surface area contributed by atoms with Crippen LogP contribution in [-0.4, -0.2) is 67.2 Å². The molecular formula is C19H26F2N6O2S. The standard InChI is InChI=1S/C19H26F2N6O2S/c1-4-16-24-19(30-25-16)27-9-7-26(8-10-27)18(22-2)23-12-13-5-6-14(28-3)15(11-13)29-17(20)21/h5-6,11,17H,4,7-10,12H2,1-3H3,(H,22,23). The van der Waals surface area contributed by atoms with Crippen LogP contribution in [0.2, 0.25) is 0 Å². The summed E-state index contributed by atoms with van der Waals surface area (Å²) in [6, 6.07) is 4.96. The molecule has 0 radical (unpaired) electrons. The van der Waals surface area contributed by atoms with E-state index < -0.39 is 6.61 Å². The first kappa shape index (κ1) is 22.0. The monoisotopic (exact) mass is 440 g/mol. The molecule has 1 aliphatic heterocycles. The molecule has 1 aromatic heterocycles. The van der Waals surface area contributed by atoms with Crippen LogP contribution >= 0.6 is 11.5 Å². The van der Waals surface area contributed by atoms with Gasteiger partial charge in [0, 0.05) is 57.7 Å². The number of nitrogens with one attached hydrogen (secondary N) is 1. The molecule has 0 unspecified atom stereocenters. The van der Waals surface area contributed by atoms with E-state index in [0.29, 0.717) is 6.54 Å². The lowest BCUT2D eigenvalue weighted by molar-refractivity contribution is -0.0512. The lowest BCUT2D eigenvalue weighted by Gasteiger charge is -2.36. The molecule has 0 aliphatic carbocycles. The quantitative estimate of drug-likeness (QED) is 0.524. The van der Waals surface area contributed by atoms with Crippen LogP contribution in [0.1, 0.15) is 18.3 Å². The SMILES string of the molecule is CCc1nsc(N2CCN(C(=NC)NCc3ccc(OC)c(OC(F)F)c3)CC2)n1. The van der Waals surface area contributed by atoms with E-state index in [9.17, 15) is 8.78 Å². The lowest BCUT2D eigenvalue weighted by Crippen LogP contribution is -2.52. The molecule has 2 aromatic rings. The van der Waals surface area contributed by atoms with Gasteiger partial charge in [0.2, 0.25) is 5.13 Å². The van der Waals surface area contributed by atoms with Gasteiger partial charge in [-0.2, -0.15) is 13.2 Å². The number of rotatable bonds is 7. The summed E-state index contributed by atoms with van der Waals surface area (Å²) in [5.74, 6) is 1.92. The average Bonchev–Trinajstić information content (AvgIpc) is 3.24. The molecule has 0 saturated carbocycles. The van der Waals surface area contributed by atoms with E-state index in [-0.39, 0.29) is 11.5 Å². The number of halogens is 2. The Hall–Kier alpha value is -2.69. The highest BCUT2D eigenvalue weighted by Crippen LogP contribution is 2.29. The van der Waals surface area contributed by atoms with Crippen LogP contribution in [0.5, 0.6) is 11.5 Å². The second-order valence-electron chi connectivity index (χ2n) is 6.59. The largest absolute Gasteiger partial charge is 0.493 e. The van der Waals surface area contributed by atoms with Crippen molar-refractivity contribution in [3.8, 4) is 11.5 Å². The van der Waals surface area contributed by atoms with Gasteiger partial charge in [0.15, 0.2) is 17.5 Å². The first-order valence-corrected chi connectivity index (χ1v) is 10.5. The highest BCUT2D eigenvalue weighted by atomic mass is 32.1. The molecular weight excluding hydrogens is 414 g/mol. The molecule has 8 nitrogen and oxygen atoms in total. The van der Waals surface area contributed by atoms with Crippen molar-refractivity contribution < 1.29 is 18.3 Å². The molecule has 0 bridgehead atoms. The molecule has 3 rings (SSSR count). The maximum absolute atomic E-state index is 12.6. The fraction of sp³-hybridized carbons (Fsp3) is 0.526. The van der Waals surface area contributed by atoms with Gasteiger partial charge in [-0.3, -0.25) is 4.99 Å². The summed E-state index contributed by atoms with van der Waals surface area (Å²) in [5, 5.41) is 4.25. The topological polar surface area (TPSA) is 75.1 Å². The number of hydrogen-bond acceptors (Lipinski definition) is 7. The number of hydrogen-bond donors (Lipinski definition) is 1. The number of anilines is 1. The summed E-state index contributed by atoms with van der Waals surface area (Å²) in [6.45, 7) is 2.80. The van der Waals surface area contributed by atoms with Gasteiger partial charge in [-0.15, -0.1) is 0 Å². The zero-order valence-electron chi connectivity index (χ0n) is 17.3. The van der Waals surface area contributed by atoms with Crippen molar-refractivity contribution in [1.29, 1.82) is 0 Å². The number of methoxy groups -OCH3 is 1. The molecule has 30 heavy (non-hydrogen) atoms. The minimum atomic E-state index is -2.91. The first-order valence-electron chi connectivity index (χ1n) is 9.68. The molecule has 164 valence electrons. The van der Waals surface area contributed by atoms with Crippen LogP contribution in [0.3, 0.4) is 0 Å². The van der Waals surface area contributed by atoms with E-state index in [1.165, 1.54) is 18.6 Å². The third kappa shape index (κ3) is 5.47. The van der Waals surface area contributed by atoms with Gasteiger partial charge >= 0.3 is 6.61 Å². The van der Waals surface area contributed by atoms with Crippen molar-refractivity contribution in [1.82, 2.24) is 19.6 Å². The van der Waals surface area contributed by atoms with Gasteiger partial charge in [-0.25, -0.2) is 4.98 Å². The Labute approximate surface area is 178 Å². The number of guanidine groups is 1. The van der Waals surface area contributed by atoms with E-state index >= 15 is 0 Å². The summed E-state index contributed by atoms with van der Waals surface area (Å²) in [5.41, 5.74) is 0.784. The average molecular weight is 441 g/mol. The molecule has 11 heteroatoms. The summed E-state index contributed by atoms with van der Waals surface area (Å²) in [6.07, 6.45) is 0.836. The number of ether oxygens (including phenoxy) is 2. The number of benzene rings is 1. The van der Waals surface area contributed by atoms with Crippen molar-refractivity contribution in [3.63, 3.8) is 0 Å². The minimum Gasteiger partial charge on any atom is -0.493 e. The van der Waals surface area contributed by atoms with Gasteiger partial charge in [0.1, 0.15) is 5.82 Å². The van der Waals surface area contributed by atoms with E-state index in [2.05, 4.69) is 34.2 Å². The number of nitrogens with zero attached hydrogens (tertiary/aromatic N) is 5. The van der Waals surface area contributed by atoms with Gasteiger partial charge in [0.25, 0.3) is 0 Å². The summed E-state index contributed by atoms with van der Waals surface area (Å²) in [7, 11) is 3.14. The van der Waals surface area contributed by atoms with Crippen LogP contribution in [0, 0.1) is 0 Å². The highest BCUT2D eigenvalue weighted by molar-refractivity contribution is 7.09. The Kier molecular flexibility index (Phi) is 7.61. The molecule has 0 atom stereocenters. The maximum Gasteiger partial charge on any atom is 0.387 e. The van der Waals surface area contributed by atoms with E-state index in [4.69, 9.17) is 4.74 Å². The third-order valence-electron chi connectivity index (χ3n) is 4.73. The van der Waals surface area contributed by atoms with Crippen molar-refractivity contribution in [2.45, 2.75) is 26.5 Å². The minimum absolute atomic E-state index is 0.0129. The van der Waals surface area contributed by atoms with Crippen molar-refractivity contribution in [2.24, 2.45) is 4.99 Å². The molecule has 0 amide bonds. The molecule has 1 aromatic carbocycles. The predicted octanol–water partition coefficient (Wildman–Crippen LogP) is 2.61. The Morgan fingerprint density at radius 1 is 1.27 bits per heavy atom. The van der Waals surface area contributed by atoms with Crippen molar-refractivity contribution >= 4 is 22.6 Å². The molecule has 2 heterocycles. The van der Waals surface area contributed by atoms with E-state index in [1.807, 2.05) is 6.92 Å². The van der Waals surface area contributed by atoms with Crippen molar-refractivity contribution in [3.05, 3.63) is 29.6 Å². The molecule has 1 aliphatic rings. The van der Waals surface area contributed by atoms with Crippen LogP contribution in [0.4, 0.5) is 13.9 Å². The highest BCUT2D eigenvalue weighted by Gasteiger charge is 2.22. The van der Waals surface area contributed by atoms with Crippen LogP contribution in [0.15, 0.2) is 23.2 Å². The molecule has 1 fully saturated rings. The number of aryl methyl sites for hydroxylation is 1. The second-order valence-corrected chi connectivity index (χ2v) is 7.32. The molecule has 1 saturated heterocycles. The van der Waals surface area contributed by atoms with Gasteiger partial charge in [0.05, 0.1) is 7.11 Å². The van der Waals surface area contributed by atoms with Crippen LogP contribution < -0.4 is 19.7 Å². The number of aliphatic imine (C=N–C) groups is 1. The second kappa shape index (κ2) is 10.4.